The molecule has 3 rings (SSSR count). The number of carbonyl (C=O) groups is 2. The molecule has 0 radical (unpaired) electrons. The van der Waals surface area contributed by atoms with E-state index in [-0.39, 0.29) is 22.4 Å². The molecule has 164 valence electrons. The molecule has 3 aromatic rings. The molecule has 0 saturated heterocycles. The van der Waals surface area contributed by atoms with Gasteiger partial charge in [0.1, 0.15) is 0 Å². The molecule has 2 amide bonds. The molecule has 0 fully saturated rings. The third kappa shape index (κ3) is 5.95. The average Bonchev–Trinajstić information content (AvgIpc) is 2.77. The smallest absolute Gasteiger partial charge is 0.270 e. The Kier molecular flexibility index (Phi) is 7.27. The fourth-order valence-electron chi connectivity index (χ4n) is 2.94. The maximum absolute atomic E-state index is 12.6. The van der Waals surface area contributed by atoms with Crippen LogP contribution in [-0.4, -0.2) is 22.0 Å². The predicted octanol–water partition coefficient (Wildman–Crippen LogP) is 5.58. The minimum Gasteiger partial charge on any atom is -0.325 e. The van der Waals surface area contributed by atoms with E-state index in [2.05, 4.69) is 10.6 Å². The van der Waals surface area contributed by atoms with Crippen LogP contribution in [0.15, 0.2) is 71.6 Å². The van der Waals surface area contributed by atoms with Gasteiger partial charge in [0.05, 0.1) is 10.2 Å². The van der Waals surface area contributed by atoms with E-state index in [9.17, 15) is 19.7 Å². The SMILES string of the molecule is Cc1ccc(C)c(NC(=O)C(C)Sc2ccc(NC(=O)c3cccc([N+](=O)[O-])c3)cc2)c1. The molecular formula is C24H23N3O4S. The Balaban J connectivity index is 1.59. The number of hydrogen-bond acceptors (Lipinski definition) is 5. The van der Waals surface area contributed by atoms with E-state index in [0.29, 0.717) is 5.69 Å². The molecule has 0 aliphatic rings. The Morgan fingerprint density at radius 2 is 1.69 bits per heavy atom. The summed E-state index contributed by atoms with van der Waals surface area (Å²) in [5.41, 5.74) is 3.51. The van der Waals surface area contributed by atoms with Gasteiger partial charge in [-0.3, -0.25) is 19.7 Å². The highest BCUT2D eigenvalue weighted by molar-refractivity contribution is 8.00. The molecule has 0 aromatic heterocycles. The second kappa shape index (κ2) is 10.1. The van der Waals surface area contributed by atoms with Crippen LogP contribution >= 0.6 is 11.8 Å². The second-order valence-corrected chi connectivity index (χ2v) is 8.77. The number of nitro groups is 1. The number of nitrogens with one attached hydrogen (secondary N) is 2. The molecule has 0 aliphatic carbocycles. The third-order valence-electron chi connectivity index (χ3n) is 4.76. The first kappa shape index (κ1) is 23.0. The van der Waals surface area contributed by atoms with Crippen molar-refractivity contribution in [3.63, 3.8) is 0 Å². The van der Waals surface area contributed by atoms with Gasteiger partial charge in [-0.05, 0) is 68.3 Å². The number of thioether (sulfide) groups is 1. The molecule has 8 heteroatoms. The standard InChI is InChI=1S/C24H23N3O4S/c1-15-7-8-16(2)22(13-15)26-23(28)17(3)32-21-11-9-19(10-12-21)25-24(29)18-5-4-6-20(14-18)27(30)31/h4-14,17H,1-3H3,(H,25,29)(H,26,28). The van der Waals surface area contributed by atoms with E-state index in [1.54, 1.807) is 12.1 Å². The fraction of sp³-hybridized carbons (Fsp3) is 0.167. The van der Waals surface area contributed by atoms with Gasteiger partial charge in [0.25, 0.3) is 11.6 Å². The van der Waals surface area contributed by atoms with Crippen LogP contribution in [0.5, 0.6) is 0 Å². The van der Waals surface area contributed by atoms with Gasteiger partial charge in [0.2, 0.25) is 5.91 Å². The van der Waals surface area contributed by atoms with Crippen molar-refractivity contribution in [2.75, 3.05) is 10.6 Å². The van der Waals surface area contributed by atoms with Gasteiger partial charge in [-0.2, -0.15) is 0 Å². The quantitative estimate of drug-likeness (QED) is 0.278. The van der Waals surface area contributed by atoms with Gasteiger partial charge < -0.3 is 10.6 Å². The first-order valence-electron chi connectivity index (χ1n) is 9.93. The Hall–Kier alpha value is -3.65. The summed E-state index contributed by atoms with van der Waals surface area (Å²) in [6.07, 6.45) is 0. The molecule has 2 N–H and O–H groups in total. The third-order valence-corrected chi connectivity index (χ3v) is 5.88. The topological polar surface area (TPSA) is 101 Å². The molecule has 1 unspecified atom stereocenters. The van der Waals surface area contributed by atoms with E-state index >= 15 is 0 Å². The van der Waals surface area contributed by atoms with Crippen molar-refractivity contribution in [2.24, 2.45) is 0 Å². The maximum atomic E-state index is 12.6. The highest BCUT2D eigenvalue weighted by Crippen LogP contribution is 2.26. The van der Waals surface area contributed by atoms with Crippen LogP contribution < -0.4 is 10.6 Å². The van der Waals surface area contributed by atoms with Crippen LogP contribution in [0.4, 0.5) is 17.1 Å². The number of carbonyl (C=O) groups excluding carboxylic acids is 2. The molecular weight excluding hydrogens is 426 g/mol. The van der Waals surface area contributed by atoms with Gasteiger partial charge in [0.15, 0.2) is 0 Å². The summed E-state index contributed by atoms with van der Waals surface area (Å²) in [6, 6.07) is 18.6. The molecule has 3 aromatic carbocycles. The van der Waals surface area contributed by atoms with Gasteiger partial charge >= 0.3 is 0 Å². The monoisotopic (exact) mass is 449 g/mol. The lowest BCUT2D eigenvalue weighted by molar-refractivity contribution is -0.384. The number of amides is 2. The van der Waals surface area contributed by atoms with Crippen LogP contribution in [0.25, 0.3) is 0 Å². The van der Waals surface area contributed by atoms with Crippen LogP contribution in [-0.2, 0) is 4.79 Å². The van der Waals surface area contributed by atoms with Crippen LogP contribution in [0.2, 0.25) is 0 Å². The van der Waals surface area contributed by atoms with E-state index in [1.807, 2.05) is 51.1 Å². The van der Waals surface area contributed by atoms with Gasteiger partial charge in [-0.1, -0.05) is 18.2 Å². The number of rotatable bonds is 7. The van der Waals surface area contributed by atoms with E-state index in [0.717, 1.165) is 21.7 Å². The molecule has 0 aliphatic heterocycles. The molecule has 32 heavy (non-hydrogen) atoms. The summed E-state index contributed by atoms with van der Waals surface area (Å²) in [5, 5.41) is 16.3. The molecule has 7 nitrogen and oxygen atoms in total. The number of nitrogens with zero attached hydrogens (tertiary/aromatic N) is 1. The number of aryl methyl sites for hydroxylation is 2. The van der Waals surface area contributed by atoms with Crippen molar-refractivity contribution in [3.05, 3.63) is 93.5 Å². The van der Waals surface area contributed by atoms with E-state index in [4.69, 9.17) is 0 Å². The van der Waals surface area contributed by atoms with E-state index in [1.165, 1.54) is 36.0 Å². The van der Waals surface area contributed by atoms with Crippen molar-refractivity contribution in [1.82, 2.24) is 0 Å². The summed E-state index contributed by atoms with van der Waals surface area (Å²) >= 11 is 1.41. The van der Waals surface area contributed by atoms with Crippen molar-refractivity contribution in [1.29, 1.82) is 0 Å². The Labute approximate surface area is 190 Å². The average molecular weight is 450 g/mol. The van der Waals surface area contributed by atoms with Gasteiger partial charge in [-0.15, -0.1) is 11.8 Å². The minimum absolute atomic E-state index is 0.0910. The van der Waals surface area contributed by atoms with Crippen molar-refractivity contribution in [2.45, 2.75) is 30.9 Å². The zero-order valence-electron chi connectivity index (χ0n) is 17.9. The second-order valence-electron chi connectivity index (χ2n) is 7.35. The first-order valence-corrected chi connectivity index (χ1v) is 10.8. The molecule has 1 atom stereocenters. The molecule has 0 spiro atoms. The van der Waals surface area contributed by atoms with Gasteiger partial charge in [0, 0.05) is 34.0 Å². The van der Waals surface area contributed by atoms with Gasteiger partial charge in [-0.25, -0.2) is 0 Å². The number of hydrogen-bond donors (Lipinski definition) is 2. The zero-order chi connectivity index (χ0) is 23.3. The van der Waals surface area contributed by atoms with Crippen molar-refractivity contribution < 1.29 is 14.5 Å². The summed E-state index contributed by atoms with van der Waals surface area (Å²) in [7, 11) is 0. The first-order chi connectivity index (χ1) is 15.2. The summed E-state index contributed by atoms with van der Waals surface area (Å²) in [5.74, 6) is -0.526. The molecule has 0 bridgehead atoms. The fourth-order valence-corrected chi connectivity index (χ4v) is 3.81. The van der Waals surface area contributed by atoms with Crippen LogP contribution in [0, 0.1) is 24.0 Å². The van der Waals surface area contributed by atoms with Crippen LogP contribution in [0.3, 0.4) is 0 Å². The number of nitro benzene ring substituents is 1. The molecule has 0 saturated carbocycles. The lowest BCUT2D eigenvalue weighted by atomic mass is 10.1. The Morgan fingerprint density at radius 3 is 2.38 bits per heavy atom. The highest BCUT2D eigenvalue weighted by atomic mass is 32.2. The maximum Gasteiger partial charge on any atom is 0.270 e. The normalized spacial score (nSPS) is 11.5. The lowest BCUT2D eigenvalue weighted by Gasteiger charge is -2.14. The molecule has 0 heterocycles. The van der Waals surface area contributed by atoms with Crippen molar-refractivity contribution >= 4 is 40.6 Å². The van der Waals surface area contributed by atoms with Crippen LogP contribution in [0.1, 0.15) is 28.4 Å². The lowest BCUT2D eigenvalue weighted by Crippen LogP contribution is -2.22. The number of benzene rings is 3. The summed E-state index contributed by atoms with van der Waals surface area (Å²) < 4.78 is 0. The largest absolute Gasteiger partial charge is 0.325 e. The number of anilines is 2. The Bertz CT molecular complexity index is 1160. The minimum atomic E-state index is -0.541. The highest BCUT2D eigenvalue weighted by Gasteiger charge is 2.16. The predicted molar refractivity (Wildman–Crippen MR) is 127 cm³/mol. The summed E-state index contributed by atoms with van der Waals surface area (Å²) in [4.78, 5) is 36.2. The van der Waals surface area contributed by atoms with Crippen molar-refractivity contribution in [3.8, 4) is 0 Å². The summed E-state index contributed by atoms with van der Waals surface area (Å²) in [6.45, 7) is 5.77. The van der Waals surface area contributed by atoms with E-state index < -0.39 is 10.8 Å². The Morgan fingerprint density at radius 1 is 0.969 bits per heavy atom. The number of non-ortho nitro benzene ring substituents is 1. The zero-order valence-corrected chi connectivity index (χ0v) is 18.7.